The van der Waals surface area contributed by atoms with E-state index in [0.717, 1.165) is 0 Å². The number of hydrogen-bond donors (Lipinski definition) is 1. The number of rotatable bonds is 4. The molecule has 1 aliphatic rings. The summed E-state index contributed by atoms with van der Waals surface area (Å²) in [5.74, 6) is 0.522. The lowest BCUT2D eigenvalue weighted by molar-refractivity contribution is -0.140. The molecule has 0 radical (unpaired) electrons. The van der Waals surface area contributed by atoms with Crippen molar-refractivity contribution in [3.63, 3.8) is 0 Å². The molecule has 0 aromatic heterocycles. The number of carbonyl (C=O) groups is 2. The second-order valence-corrected chi connectivity index (χ2v) is 4.83. The van der Waals surface area contributed by atoms with Crippen LogP contribution in [0.25, 0.3) is 0 Å². The van der Waals surface area contributed by atoms with E-state index in [2.05, 4.69) is 0 Å². The molecule has 5 nitrogen and oxygen atoms in total. The summed E-state index contributed by atoms with van der Waals surface area (Å²) in [6, 6.07) is 0. The van der Waals surface area contributed by atoms with Gasteiger partial charge in [0.1, 0.15) is 0 Å². The van der Waals surface area contributed by atoms with Gasteiger partial charge in [-0.15, -0.1) is 0 Å². The van der Waals surface area contributed by atoms with Gasteiger partial charge in [0, 0.05) is 39.0 Å². The van der Waals surface area contributed by atoms with Gasteiger partial charge in [0.15, 0.2) is 0 Å². The first kappa shape index (κ1) is 14.0. The number of piperazine rings is 1. The molecule has 1 heterocycles. The standard InChI is InChI=1S/C12H22N2O3/c1-10(2)9-12(17)14-6-4-13(5-7-14)11(16)3-8-15/h10,15H,3-9H2,1-2H3. The van der Waals surface area contributed by atoms with Gasteiger partial charge in [-0.1, -0.05) is 13.8 Å². The third-order valence-corrected chi connectivity index (χ3v) is 2.89. The Morgan fingerprint density at radius 2 is 1.53 bits per heavy atom. The van der Waals surface area contributed by atoms with Crippen LogP contribution in [-0.4, -0.2) is 59.5 Å². The third kappa shape index (κ3) is 4.34. The van der Waals surface area contributed by atoms with Gasteiger partial charge in [-0.2, -0.15) is 0 Å². The minimum atomic E-state index is -0.106. The molecule has 0 spiro atoms. The number of hydrogen-bond acceptors (Lipinski definition) is 3. The zero-order valence-corrected chi connectivity index (χ0v) is 10.7. The van der Waals surface area contributed by atoms with Crippen LogP contribution in [0.4, 0.5) is 0 Å². The van der Waals surface area contributed by atoms with Crippen molar-refractivity contribution in [3.05, 3.63) is 0 Å². The molecule has 0 aromatic rings. The molecule has 1 saturated heterocycles. The quantitative estimate of drug-likeness (QED) is 0.760. The Kier molecular flexibility index (Phi) is 5.41. The van der Waals surface area contributed by atoms with Crippen molar-refractivity contribution in [3.8, 4) is 0 Å². The summed E-state index contributed by atoms with van der Waals surface area (Å²) in [5.41, 5.74) is 0. The average molecular weight is 242 g/mol. The lowest BCUT2D eigenvalue weighted by atomic mass is 10.1. The third-order valence-electron chi connectivity index (χ3n) is 2.89. The van der Waals surface area contributed by atoms with E-state index in [0.29, 0.717) is 38.5 Å². The van der Waals surface area contributed by atoms with Crippen LogP contribution in [0.3, 0.4) is 0 Å². The summed E-state index contributed by atoms with van der Waals surface area (Å²) < 4.78 is 0. The van der Waals surface area contributed by atoms with Gasteiger partial charge in [0.05, 0.1) is 6.61 Å². The Hall–Kier alpha value is -1.10. The molecular formula is C12H22N2O3. The zero-order chi connectivity index (χ0) is 12.8. The topological polar surface area (TPSA) is 60.9 Å². The first-order valence-electron chi connectivity index (χ1n) is 6.21. The molecule has 0 unspecified atom stereocenters. The molecule has 0 saturated carbocycles. The maximum absolute atomic E-state index is 11.8. The molecule has 1 rings (SSSR count). The van der Waals surface area contributed by atoms with E-state index in [1.54, 1.807) is 4.90 Å². The van der Waals surface area contributed by atoms with Crippen LogP contribution in [0, 0.1) is 5.92 Å². The molecule has 98 valence electrons. The molecular weight excluding hydrogens is 220 g/mol. The molecule has 1 aliphatic heterocycles. The second-order valence-electron chi connectivity index (χ2n) is 4.83. The highest BCUT2D eigenvalue weighted by Gasteiger charge is 2.23. The van der Waals surface area contributed by atoms with Crippen molar-refractivity contribution in [2.75, 3.05) is 32.8 Å². The lowest BCUT2D eigenvalue weighted by Crippen LogP contribution is -2.50. The summed E-state index contributed by atoms with van der Waals surface area (Å²) in [7, 11) is 0. The number of aliphatic hydroxyl groups excluding tert-OH is 1. The monoisotopic (exact) mass is 242 g/mol. The predicted octanol–water partition coefficient (Wildman–Crippen LogP) is 0.0857. The predicted molar refractivity (Wildman–Crippen MR) is 64.3 cm³/mol. The lowest BCUT2D eigenvalue weighted by Gasteiger charge is -2.35. The van der Waals surface area contributed by atoms with E-state index in [1.165, 1.54) is 0 Å². The van der Waals surface area contributed by atoms with Gasteiger partial charge < -0.3 is 14.9 Å². The molecule has 5 heteroatoms. The van der Waals surface area contributed by atoms with Crippen molar-refractivity contribution in [1.82, 2.24) is 9.80 Å². The summed E-state index contributed by atoms with van der Waals surface area (Å²) in [4.78, 5) is 26.8. The summed E-state index contributed by atoms with van der Waals surface area (Å²) in [6.07, 6.45) is 0.754. The molecule has 1 fully saturated rings. The Bertz CT molecular complexity index is 271. The maximum Gasteiger partial charge on any atom is 0.225 e. The van der Waals surface area contributed by atoms with E-state index in [-0.39, 0.29) is 24.8 Å². The van der Waals surface area contributed by atoms with Gasteiger partial charge in [0.25, 0.3) is 0 Å². The van der Waals surface area contributed by atoms with Crippen molar-refractivity contribution in [2.24, 2.45) is 5.92 Å². The maximum atomic E-state index is 11.8. The number of nitrogens with zero attached hydrogens (tertiary/aromatic N) is 2. The van der Waals surface area contributed by atoms with E-state index in [9.17, 15) is 9.59 Å². The van der Waals surface area contributed by atoms with Crippen LogP contribution in [0.5, 0.6) is 0 Å². The van der Waals surface area contributed by atoms with Crippen molar-refractivity contribution >= 4 is 11.8 Å². The van der Waals surface area contributed by atoms with Crippen LogP contribution in [-0.2, 0) is 9.59 Å². The van der Waals surface area contributed by atoms with Gasteiger partial charge in [-0.3, -0.25) is 9.59 Å². The van der Waals surface area contributed by atoms with Crippen molar-refractivity contribution in [2.45, 2.75) is 26.7 Å². The molecule has 17 heavy (non-hydrogen) atoms. The second kappa shape index (κ2) is 6.59. The highest BCUT2D eigenvalue weighted by molar-refractivity contribution is 5.78. The zero-order valence-electron chi connectivity index (χ0n) is 10.7. The smallest absolute Gasteiger partial charge is 0.225 e. The van der Waals surface area contributed by atoms with Crippen LogP contribution < -0.4 is 0 Å². The van der Waals surface area contributed by atoms with Crippen molar-refractivity contribution < 1.29 is 14.7 Å². The Balaban J connectivity index is 2.35. The van der Waals surface area contributed by atoms with Gasteiger partial charge in [-0.05, 0) is 5.92 Å². The fourth-order valence-corrected chi connectivity index (χ4v) is 1.94. The molecule has 0 aliphatic carbocycles. The highest BCUT2D eigenvalue weighted by Crippen LogP contribution is 2.08. The summed E-state index contributed by atoms with van der Waals surface area (Å²) in [5, 5.41) is 8.69. The van der Waals surface area contributed by atoms with Crippen LogP contribution >= 0.6 is 0 Å². The highest BCUT2D eigenvalue weighted by atomic mass is 16.3. The fourth-order valence-electron chi connectivity index (χ4n) is 1.94. The Morgan fingerprint density at radius 3 is 1.94 bits per heavy atom. The molecule has 0 aromatic carbocycles. The minimum Gasteiger partial charge on any atom is -0.396 e. The first-order chi connectivity index (χ1) is 8.04. The Labute approximate surface area is 102 Å². The first-order valence-corrected chi connectivity index (χ1v) is 6.21. The van der Waals surface area contributed by atoms with Crippen LogP contribution in [0.15, 0.2) is 0 Å². The SMILES string of the molecule is CC(C)CC(=O)N1CCN(C(=O)CCO)CC1. The van der Waals surface area contributed by atoms with E-state index >= 15 is 0 Å². The number of aliphatic hydroxyl groups is 1. The average Bonchev–Trinajstić information content (AvgIpc) is 2.28. The van der Waals surface area contributed by atoms with E-state index in [4.69, 9.17) is 5.11 Å². The number of carbonyl (C=O) groups excluding carboxylic acids is 2. The molecule has 1 N–H and O–H groups in total. The largest absolute Gasteiger partial charge is 0.396 e. The summed E-state index contributed by atoms with van der Waals surface area (Å²) >= 11 is 0. The van der Waals surface area contributed by atoms with E-state index in [1.807, 2.05) is 18.7 Å². The van der Waals surface area contributed by atoms with E-state index < -0.39 is 0 Å². The minimum absolute atomic E-state index is 0.0246. The normalized spacial score (nSPS) is 16.5. The van der Waals surface area contributed by atoms with Crippen LogP contribution in [0.1, 0.15) is 26.7 Å². The van der Waals surface area contributed by atoms with Crippen molar-refractivity contribution in [1.29, 1.82) is 0 Å². The van der Waals surface area contributed by atoms with Gasteiger partial charge >= 0.3 is 0 Å². The van der Waals surface area contributed by atoms with Crippen LogP contribution in [0.2, 0.25) is 0 Å². The molecule has 0 atom stereocenters. The van der Waals surface area contributed by atoms with Gasteiger partial charge in [-0.25, -0.2) is 0 Å². The fraction of sp³-hybridized carbons (Fsp3) is 0.833. The summed E-state index contributed by atoms with van der Waals surface area (Å²) in [6.45, 7) is 6.35. The molecule has 0 bridgehead atoms. The Morgan fingerprint density at radius 1 is 1.06 bits per heavy atom. The number of amides is 2. The molecule has 2 amide bonds. The van der Waals surface area contributed by atoms with Gasteiger partial charge in [0.2, 0.25) is 11.8 Å².